The number of carbonyl (C=O) groups excluding carboxylic acids is 3. The second-order valence-electron chi connectivity index (χ2n) is 5.91. The van der Waals surface area contributed by atoms with Crippen LogP contribution < -0.4 is 15.4 Å². The van der Waals surface area contributed by atoms with Gasteiger partial charge in [-0.2, -0.15) is 0 Å². The molecule has 0 heterocycles. The van der Waals surface area contributed by atoms with Crippen LogP contribution in [0.2, 0.25) is 0 Å². The second-order valence-corrected chi connectivity index (χ2v) is 5.91. The van der Waals surface area contributed by atoms with Crippen LogP contribution in [0.1, 0.15) is 19.4 Å². The van der Waals surface area contributed by atoms with Gasteiger partial charge in [0.25, 0.3) is 5.91 Å². The first kappa shape index (κ1) is 20.0. The van der Waals surface area contributed by atoms with Crippen molar-refractivity contribution in [3.63, 3.8) is 0 Å². The van der Waals surface area contributed by atoms with Gasteiger partial charge in [0.2, 0.25) is 5.91 Å². The molecule has 0 saturated heterocycles. The third-order valence-electron chi connectivity index (χ3n) is 3.63. The summed E-state index contributed by atoms with van der Waals surface area (Å²) in [6, 6.07) is 13.7. The zero-order valence-electron chi connectivity index (χ0n) is 15.4. The van der Waals surface area contributed by atoms with E-state index in [-0.39, 0.29) is 12.3 Å². The van der Waals surface area contributed by atoms with Gasteiger partial charge >= 0.3 is 5.97 Å². The molecule has 0 spiro atoms. The Hall–Kier alpha value is -3.35. The van der Waals surface area contributed by atoms with Crippen molar-refractivity contribution < 1.29 is 23.9 Å². The maximum absolute atomic E-state index is 12.2. The molecule has 1 atom stereocenters. The zero-order valence-corrected chi connectivity index (χ0v) is 15.4. The van der Waals surface area contributed by atoms with E-state index < -0.39 is 18.0 Å². The molecule has 0 aliphatic rings. The summed E-state index contributed by atoms with van der Waals surface area (Å²) in [4.78, 5) is 35.2. The summed E-state index contributed by atoms with van der Waals surface area (Å²) in [6.45, 7) is 2.92. The topological polar surface area (TPSA) is 93.7 Å². The van der Waals surface area contributed by atoms with Crippen LogP contribution in [0, 0.1) is 0 Å². The van der Waals surface area contributed by atoms with Gasteiger partial charge in [-0.05, 0) is 48.9 Å². The van der Waals surface area contributed by atoms with E-state index in [1.165, 1.54) is 13.8 Å². The van der Waals surface area contributed by atoms with Crippen LogP contribution in [-0.2, 0) is 25.5 Å². The Bertz CT molecular complexity index is 817. The molecule has 0 aromatic heterocycles. The summed E-state index contributed by atoms with van der Waals surface area (Å²) >= 11 is 0. The molecule has 0 aliphatic heterocycles. The van der Waals surface area contributed by atoms with Gasteiger partial charge in [-0.15, -0.1) is 0 Å². The van der Waals surface area contributed by atoms with E-state index in [0.717, 1.165) is 5.56 Å². The number of esters is 1. The largest absolute Gasteiger partial charge is 0.497 e. The van der Waals surface area contributed by atoms with Crippen LogP contribution in [-0.4, -0.2) is 31.0 Å². The molecule has 0 saturated carbocycles. The highest BCUT2D eigenvalue weighted by Gasteiger charge is 2.18. The van der Waals surface area contributed by atoms with Gasteiger partial charge in [-0.3, -0.25) is 14.4 Å². The second kappa shape index (κ2) is 9.38. The molecule has 0 aliphatic carbocycles. The lowest BCUT2D eigenvalue weighted by atomic mass is 10.1. The number of hydrogen-bond acceptors (Lipinski definition) is 5. The Morgan fingerprint density at radius 1 is 1.00 bits per heavy atom. The van der Waals surface area contributed by atoms with Gasteiger partial charge in [0.1, 0.15) is 5.75 Å². The molecule has 142 valence electrons. The molecule has 2 N–H and O–H groups in total. The maximum Gasteiger partial charge on any atom is 0.311 e. The zero-order chi connectivity index (χ0) is 19.8. The average Bonchev–Trinajstić information content (AvgIpc) is 2.62. The first-order valence-corrected chi connectivity index (χ1v) is 8.38. The number of anilines is 2. The van der Waals surface area contributed by atoms with Crippen molar-refractivity contribution in [3.8, 4) is 5.75 Å². The lowest BCUT2D eigenvalue weighted by molar-refractivity contribution is -0.152. The van der Waals surface area contributed by atoms with Crippen molar-refractivity contribution in [1.29, 1.82) is 0 Å². The molecular weight excluding hydrogens is 348 g/mol. The monoisotopic (exact) mass is 370 g/mol. The van der Waals surface area contributed by atoms with E-state index in [9.17, 15) is 14.4 Å². The smallest absolute Gasteiger partial charge is 0.311 e. The molecule has 2 aromatic carbocycles. The van der Waals surface area contributed by atoms with E-state index >= 15 is 0 Å². The summed E-state index contributed by atoms with van der Waals surface area (Å²) in [6.07, 6.45) is -0.904. The lowest BCUT2D eigenvalue weighted by Gasteiger charge is -2.14. The van der Waals surface area contributed by atoms with Crippen molar-refractivity contribution in [1.82, 2.24) is 0 Å². The fraction of sp³-hybridized carbons (Fsp3) is 0.250. The summed E-state index contributed by atoms with van der Waals surface area (Å²) in [5, 5.41) is 5.30. The Morgan fingerprint density at radius 2 is 1.63 bits per heavy atom. The molecule has 0 bridgehead atoms. The van der Waals surface area contributed by atoms with Gasteiger partial charge in [0, 0.05) is 18.3 Å². The van der Waals surface area contributed by atoms with Crippen molar-refractivity contribution in [2.24, 2.45) is 0 Å². The number of nitrogens with one attached hydrogen (secondary N) is 2. The maximum atomic E-state index is 12.2. The Kier molecular flexibility index (Phi) is 6.93. The van der Waals surface area contributed by atoms with E-state index in [1.54, 1.807) is 55.6 Å². The SMILES string of the molecule is COc1cccc(CC(=O)O[C@@H](C)C(=O)Nc2ccc(NC(C)=O)cc2)c1. The van der Waals surface area contributed by atoms with Crippen LogP contribution in [0.15, 0.2) is 48.5 Å². The van der Waals surface area contributed by atoms with Crippen molar-refractivity contribution in [2.75, 3.05) is 17.7 Å². The summed E-state index contributed by atoms with van der Waals surface area (Å²) < 4.78 is 10.3. The lowest BCUT2D eigenvalue weighted by Crippen LogP contribution is -2.30. The molecule has 2 rings (SSSR count). The molecule has 0 unspecified atom stereocenters. The van der Waals surface area contributed by atoms with Crippen LogP contribution in [0.4, 0.5) is 11.4 Å². The molecule has 0 radical (unpaired) electrons. The number of carbonyl (C=O) groups is 3. The fourth-order valence-electron chi connectivity index (χ4n) is 2.33. The molecule has 7 nitrogen and oxygen atoms in total. The normalized spacial score (nSPS) is 11.2. The van der Waals surface area contributed by atoms with Crippen LogP contribution in [0.25, 0.3) is 0 Å². The van der Waals surface area contributed by atoms with Crippen molar-refractivity contribution >= 4 is 29.2 Å². The van der Waals surface area contributed by atoms with Crippen LogP contribution in [0.5, 0.6) is 5.75 Å². The predicted octanol–water partition coefficient (Wildman–Crippen LogP) is 2.77. The summed E-state index contributed by atoms with van der Waals surface area (Å²) in [5.41, 5.74) is 1.89. The highest BCUT2D eigenvalue weighted by atomic mass is 16.5. The fourth-order valence-corrected chi connectivity index (χ4v) is 2.33. The highest BCUT2D eigenvalue weighted by Crippen LogP contribution is 2.15. The number of hydrogen-bond donors (Lipinski definition) is 2. The average molecular weight is 370 g/mol. The van der Waals surface area contributed by atoms with Gasteiger partial charge < -0.3 is 20.1 Å². The molecular formula is C20H22N2O5. The Balaban J connectivity index is 1.87. The highest BCUT2D eigenvalue weighted by molar-refractivity contribution is 5.95. The van der Waals surface area contributed by atoms with E-state index in [0.29, 0.717) is 17.1 Å². The van der Waals surface area contributed by atoms with Gasteiger partial charge in [-0.25, -0.2) is 0 Å². The number of rotatable bonds is 7. The van der Waals surface area contributed by atoms with E-state index in [1.807, 2.05) is 0 Å². The summed E-state index contributed by atoms with van der Waals surface area (Å²) in [7, 11) is 1.55. The standard InChI is InChI=1S/C20H22N2O5/c1-13(27-19(24)12-15-5-4-6-18(11-15)26-3)20(25)22-17-9-7-16(8-10-17)21-14(2)23/h4-11,13H,12H2,1-3H3,(H,21,23)(H,22,25)/t13-/m0/s1. The molecule has 0 fully saturated rings. The third kappa shape index (κ3) is 6.47. The van der Waals surface area contributed by atoms with E-state index in [2.05, 4.69) is 10.6 Å². The van der Waals surface area contributed by atoms with Crippen molar-refractivity contribution in [2.45, 2.75) is 26.4 Å². The molecule has 7 heteroatoms. The summed E-state index contributed by atoms with van der Waals surface area (Å²) in [5.74, 6) is -0.481. The number of ether oxygens (including phenoxy) is 2. The van der Waals surface area contributed by atoms with Crippen molar-refractivity contribution in [3.05, 3.63) is 54.1 Å². The molecule has 2 amide bonds. The number of amides is 2. The first-order chi connectivity index (χ1) is 12.9. The van der Waals surface area contributed by atoms with Crippen LogP contribution in [0.3, 0.4) is 0 Å². The minimum atomic E-state index is -0.946. The number of benzene rings is 2. The number of methoxy groups -OCH3 is 1. The quantitative estimate of drug-likeness (QED) is 0.731. The third-order valence-corrected chi connectivity index (χ3v) is 3.63. The Labute approximate surface area is 157 Å². The van der Waals surface area contributed by atoms with Gasteiger partial charge in [0.05, 0.1) is 13.5 Å². The van der Waals surface area contributed by atoms with Gasteiger partial charge in [-0.1, -0.05) is 12.1 Å². The minimum Gasteiger partial charge on any atom is -0.497 e. The Morgan fingerprint density at radius 3 is 2.22 bits per heavy atom. The first-order valence-electron chi connectivity index (χ1n) is 8.38. The minimum absolute atomic E-state index is 0.0419. The predicted molar refractivity (Wildman–Crippen MR) is 102 cm³/mol. The van der Waals surface area contributed by atoms with E-state index in [4.69, 9.17) is 9.47 Å². The van der Waals surface area contributed by atoms with Gasteiger partial charge in [0.15, 0.2) is 6.10 Å². The molecule has 27 heavy (non-hydrogen) atoms. The van der Waals surface area contributed by atoms with Crippen LogP contribution >= 0.6 is 0 Å². The molecule has 2 aromatic rings.